The number of nitro benzene ring substituents is 2. The van der Waals surface area contributed by atoms with Crippen LogP contribution in [0, 0.1) is 32.6 Å². The van der Waals surface area contributed by atoms with Crippen LogP contribution in [0.4, 0.5) is 17.1 Å². The average molecular weight is 332 g/mol. The highest BCUT2D eigenvalue weighted by Crippen LogP contribution is 2.28. The Hall–Kier alpha value is -3.74. The normalized spacial score (nSPS) is 10.9. The van der Waals surface area contributed by atoms with Crippen molar-refractivity contribution in [3.8, 4) is 12.3 Å². The lowest BCUT2D eigenvalue weighted by molar-refractivity contribution is -0.393. The van der Waals surface area contributed by atoms with E-state index in [0.717, 1.165) is 24.4 Å². The van der Waals surface area contributed by atoms with Crippen LogP contribution < -0.4 is 5.43 Å². The highest BCUT2D eigenvalue weighted by molar-refractivity contribution is 5.97. The number of terminal acetylenes is 1. The molecule has 0 aliphatic heterocycles. The first-order valence-electron chi connectivity index (χ1n) is 6.46. The molecular weight excluding hydrogens is 320 g/mol. The molecule has 0 saturated heterocycles. The van der Waals surface area contributed by atoms with Gasteiger partial charge in [0.2, 0.25) is 0 Å². The van der Waals surface area contributed by atoms with Crippen molar-refractivity contribution < 1.29 is 19.4 Å². The molecule has 1 aromatic carbocycles. The van der Waals surface area contributed by atoms with Crippen LogP contribution in [-0.2, 0) is 9.53 Å². The van der Waals surface area contributed by atoms with Gasteiger partial charge in [0.25, 0.3) is 5.69 Å². The largest absolute Gasteiger partial charge is 0.462 e. The Morgan fingerprint density at radius 2 is 2.12 bits per heavy atom. The van der Waals surface area contributed by atoms with E-state index in [-0.39, 0.29) is 17.9 Å². The van der Waals surface area contributed by atoms with Crippen molar-refractivity contribution in [2.45, 2.75) is 6.92 Å². The molecule has 1 aromatic rings. The number of nitrogens with one attached hydrogen (secondary N) is 1. The summed E-state index contributed by atoms with van der Waals surface area (Å²) in [5, 5.41) is 25.2. The third-order valence-corrected chi connectivity index (χ3v) is 2.54. The number of nitrogens with zero attached hydrogens (tertiary/aromatic N) is 3. The minimum Gasteiger partial charge on any atom is -0.462 e. The molecular formula is C14H12N4O6. The van der Waals surface area contributed by atoms with Crippen molar-refractivity contribution in [3.63, 3.8) is 0 Å². The van der Waals surface area contributed by atoms with Crippen LogP contribution >= 0.6 is 0 Å². The van der Waals surface area contributed by atoms with Crippen molar-refractivity contribution in [2.24, 2.45) is 5.10 Å². The maximum atomic E-state index is 11.4. The number of hydrazone groups is 1. The third-order valence-electron chi connectivity index (χ3n) is 2.54. The van der Waals surface area contributed by atoms with E-state index in [4.69, 9.17) is 11.2 Å². The predicted octanol–water partition coefficient (Wildman–Crippen LogP) is 2.02. The Kier molecular flexibility index (Phi) is 6.59. The van der Waals surface area contributed by atoms with Gasteiger partial charge in [0.05, 0.1) is 22.5 Å². The van der Waals surface area contributed by atoms with Crippen molar-refractivity contribution in [2.75, 3.05) is 12.0 Å². The molecule has 0 unspecified atom stereocenters. The molecule has 10 nitrogen and oxygen atoms in total. The summed E-state index contributed by atoms with van der Waals surface area (Å²) in [7, 11) is 0. The number of hydrogen-bond donors (Lipinski definition) is 1. The zero-order valence-corrected chi connectivity index (χ0v) is 12.5. The Labute approximate surface area is 136 Å². The molecule has 0 heterocycles. The third kappa shape index (κ3) is 4.92. The number of non-ortho nitro benzene ring substituents is 1. The van der Waals surface area contributed by atoms with Crippen LogP contribution in [0.25, 0.3) is 0 Å². The van der Waals surface area contributed by atoms with E-state index < -0.39 is 27.2 Å². The first-order chi connectivity index (χ1) is 11.4. The zero-order chi connectivity index (χ0) is 18.1. The number of ether oxygens (including phenoxy) is 1. The number of carbonyl (C=O) groups is 1. The van der Waals surface area contributed by atoms with Crippen molar-refractivity contribution in [1.82, 2.24) is 0 Å². The van der Waals surface area contributed by atoms with Crippen LogP contribution in [0.1, 0.15) is 6.92 Å². The van der Waals surface area contributed by atoms with Gasteiger partial charge >= 0.3 is 11.7 Å². The summed E-state index contributed by atoms with van der Waals surface area (Å²) >= 11 is 0. The van der Waals surface area contributed by atoms with Gasteiger partial charge in [-0.1, -0.05) is 5.92 Å². The topological polar surface area (TPSA) is 137 Å². The second-order valence-corrected chi connectivity index (χ2v) is 4.05. The number of benzene rings is 1. The highest BCUT2D eigenvalue weighted by Gasteiger charge is 2.19. The van der Waals surface area contributed by atoms with Gasteiger partial charge in [0.15, 0.2) is 0 Å². The summed E-state index contributed by atoms with van der Waals surface area (Å²) in [6.45, 7) is 1.78. The number of hydrogen-bond acceptors (Lipinski definition) is 8. The summed E-state index contributed by atoms with van der Waals surface area (Å²) in [6.07, 6.45) is 7.44. The highest BCUT2D eigenvalue weighted by atomic mass is 16.6. The first kappa shape index (κ1) is 18.3. The van der Waals surface area contributed by atoms with E-state index in [1.165, 1.54) is 6.08 Å². The molecule has 0 aliphatic rings. The number of carbonyl (C=O) groups excluding carboxylic acids is 1. The van der Waals surface area contributed by atoms with Gasteiger partial charge < -0.3 is 4.74 Å². The Bertz CT molecular complexity index is 763. The smallest absolute Gasteiger partial charge is 0.346 e. The van der Waals surface area contributed by atoms with E-state index in [9.17, 15) is 25.0 Å². The summed E-state index contributed by atoms with van der Waals surface area (Å²) in [5.41, 5.74) is 1.26. The van der Waals surface area contributed by atoms with Crippen LogP contribution in [-0.4, -0.2) is 28.6 Å². The van der Waals surface area contributed by atoms with Gasteiger partial charge in [-0.3, -0.25) is 25.7 Å². The van der Waals surface area contributed by atoms with Gasteiger partial charge in [-0.2, -0.15) is 5.10 Å². The fraction of sp³-hybridized carbons (Fsp3) is 0.143. The summed E-state index contributed by atoms with van der Waals surface area (Å²) in [4.78, 5) is 31.5. The molecule has 0 bridgehead atoms. The quantitative estimate of drug-likeness (QED) is 0.201. The molecule has 1 N–H and O–H groups in total. The van der Waals surface area contributed by atoms with E-state index in [2.05, 4.69) is 16.4 Å². The van der Waals surface area contributed by atoms with Crippen LogP contribution in [0.15, 0.2) is 34.9 Å². The second kappa shape index (κ2) is 8.64. The van der Waals surface area contributed by atoms with Gasteiger partial charge in [-0.05, 0) is 19.1 Å². The minimum absolute atomic E-state index is 0.0614. The molecule has 0 aliphatic carbocycles. The minimum atomic E-state index is -0.786. The number of allylic oxidation sites excluding steroid dienone is 1. The SMILES string of the molecule is C#C/C(=C\C=N\Nc1ccc([N+](=O)[O-])cc1[N+](=O)[O-])C(=O)OCC. The lowest BCUT2D eigenvalue weighted by atomic mass is 10.2. The molecule has 0 saturated carbocycles. The predicted molar refractivity (Wildman–Crippen MR) is 85.4 cm³/mol. The molecule has 0 spiro atoms. The zero-order valence-electron chi connectivity index (χ0n) is 12.5. The lowest BCUT2D eigenvalue weighted by Gasteiger charge is -2.01. The monoisotopic (exact) mass is 332 g/mol. The van der Waals surface area contributed by atoms with Gasteiger partial charge in [-0.25, -0.2) is 4.79 Å². The van der Waals surface area contributed by atoms with Crippen LogP contribution in [0.3, 0.4) is 0 Å². The number of anilines is 1. The van der Waals surface area contributed by atoms with Crippen LogP contribution in [0.5, 0.6) is 0 Å². The van der Waals surface area contributed by atoms with Crippen molar-refractivity contribution in [3.05, 3.63) is 50.1 Å². The first-order valence-corrected chi connectivity index (χ1v) is 6.46. The second-order valence-electron chi connectivity index (χ2n) is 4.05. The molecule has 24 heavy (non-hydrogen) atoms. The molecule has 0 atom stereocenters. The molecule has 124 valence electrons. The molecule has 0 fully saturated rings. The van der Waals surface area contributed by atoms with E-state index in [0.29, 0.717) is 0 Å². The molecule has 0 radical (unpaired) electrons. The number of nitro groups is 2. The maximum Gasteiger partial charge on any atom is 0.346 e. The van der Waals surface area contributed by atoms with Crippen LogP contribution in [0.2, 0.25) is 0 Å². The Morgan fingerprint density at radius 1 is 1.42 bits per heavy atom. The van der Waals surface area contributed by atoms with E-state index >= 15 is 0 Å². The number of rotatable bonds is 7. The van der Waals surface area contributed by atoms with Gasteiger partial charge in [0, 0.05) is 12.3 Å². The van der Waals surface area contributed by atoms with Crippen molar-refractivity contribution in [1.29, 1.82) is 0 Å². The standard InChI is InChI=1S/C14H12N4O6/c1-3-10(14(19)24-4-2)7-8-15-16-12-6-5-11(17(20)21)9-13(12)18(22)23/h1,5-9,16H,4H2,2H3/b10-7+,15-8+. The van der Waals surface area contributed by atoms with E-state index in [1.54, 1.807) is 6.92 Å². The molecule has 0 amide bonds. The molecule has 1 rings (SSSR count). The fourth-order valence-electron chi connectivity index (χ4n) is 1.48. The number of esters is 1. The van der Waals surface area contributed by atoms with E-state index in [1.807, 2.05) is 0 Å². The molecule has 0 aromatic heterocycles. The maximum absolute atomic E-state index is 11.4. The summed E-state index contributed by atoms with van der Waals surface area (Å²) < 4.78 is 4.71. The lowest BCUT2D eigenvalue weighted by Crippen LogP contribution is -2.06. The molecule has 10 heteroatoms. The average Bonchev–Trinajstić information content (AvgIpc) is 2.54. The van der Waals surface area contributed by atoms with Gasteiger partial charge in [-0.15, -0.1) is 6.42 Å². The summed E-state index contributed by atoms with van der Waals surface area (Å²) in [5.74, 6) is 1.42. The Balaban J connectivity index is 2.94. The fourth-order valence-corrected chi connectivity index (χ4v) is 1.48. The Morgan fingerprint density at radius 3 is 2.67 bits per heavy atom. The summed E-state index contributed by atoms with van der Waals surface area (Å²) in [6, 6.07) is 3.04. The van der Waals surface area contributed by atoms with Crippen molar-refractivity contribution >= 4 is 29.2 Å². The van der Waals surface area contributed by atoms with Gasteiger partial charge in [0.1, 0.15) is 11.3 Å².